The van der Waals surface area contributed by atoms with Crippen LogP contribution in [0.25, 0.3) is 11.1 Å². The molecule has 0 atom stereocenters. The van der Waals surface area contributed by atoms with Gasteiger partial charge in [0.25, 0.3) is 0 Å². The van der Waals surface area contributed by atoms with Gasteiger partial charge in [-0.3, -0.25) is 9.59 Å². The van der Waals surface area contributed by atoms with Crippen LogP contribution in [0.1, 0.15) is 54.7 Å². The summed E-state index contributed by atoms with van der Waals surface area (Å²) in [6, 6.07) is 8.87. The maximum atomic E-state index is 13.3. The van der Waals surface area contributed by atoms with Crippen LogP contribution in [0.15, 0.2) is 36.4 Å². The molecule has 2 aliphatic rings. The van der Waals surface area contributed by atoms with Crippen LogP contribution in [-0.4, -0.2) is 24.8 Å². The van der Waals surface area contributed by atoms with Gasteiger partial charge in [-0.1, -0.05) is 29.8 Å². The van der Waals surface area contributed by atoms with Crippen molar-refractivity contribution < 1.29 is 27.5 Å². The van der Waals surface area contributed by atoms with Gasteiger partial charge >= 0.3 is 6.18 Å². The summed E-state index contributed by atoms with van der Waals surface area (Å²) in [6.07, 6.45) is -1.07. The molecule has 2 aromatic rings. The summed E-state index contributed by atoms with van der Waals surface area (Å²) in [5, 5.41) is -0.369. The predicted octanol–water partition coefficient (Wildman–Crippen LogP) is 6.78. The van der Waals surface area contributed by atoms with Crippen molar-refractivity contribution in [1.82, 2.24) is 0 Å². The lowest BCUT2D eigenvalue weighted by Gasteiger charge is -2.31. The van der Waals surface area contributed by atoms with E-state index in [2.05, 4.69) is 0 Å². The molecule has 3 nitrogen and oxygen atoms in total. The second kappa shape index (κ2) is 9.59. The zero-order valence-electron chi connectivity index (χ0n) is 18.4. The van der Waals surface area contributed by atoms with Crippen LogP contribution >= 0.6 is 11.6 Å². The largest absolute Gasteiger partial charge is 0.417 e. The molecule has 0 radical (unpaired) electrons. The quantitative estimate of drug-likeness (QED) is 0.455. The molecule has 1 heterocycles. The standard InChI is InChI=1S/C26H26ClF3O3/c1-15-2-3-18(19-4-5-22(27)21(14-19)26(28,29)30)13-20(15)25-23(31)11-17(12-24(25)32)10-16-6-8-33-9-7-16/h2-5,13-14,16-17,25H,6-12H2,1H3. The molecule has 0 aromatic heterocycles. The molecule has 1 saturated carbocycles. The fourth-order valence-corrected chi connectivity index (χ4v) is 5.30. The molecule has 0 bridgehead atoms. The van der Waals surface area contributed by atoms with Gasteiger partial charge in [0.2, 0.25) is 0 Å². The Morgan fingerprint density at radius 1 is 0.939 bits per heavy atom. The maximum Gasteiger partial charge on any atom is 0.417 e. The SMILES string of the molecule is Cc1ccc(-c2ccc(Cl)c(C(F)(F)F)c2)cc1C1C(=O)CC(CC2CCOCC2)CC1=O. The van der Waals surface area contributed by atoms with Crippen LogP contribution in [0.5, 0.6) is 0 Å². The number of ketones is 2. The predicted molar refractivity (Wildman–Crippen MR) is 120 cm³/mol. The van der Waals surface area contributed by atoms with Crippen molar-refractivity contribution in [1.29, 1.82) is 0 Å². The minimum atomic E-state index is -4.57. The van der Waals surface area contributed by atoms with E-state index in [0.717, 1.165) is 44.1 Å². The fourth-order valence-electron chi connectivity index (χ4n) is 5.08. The zero-order chi connectivity index (χ0) is 23.8. The monoisotopic (exact) mass is 478 g/mol. The van der Waals surface area contributed by atoms with Crippen LogP contribution in [0, 0.1) is 18.8 Å². The summed E-state index contributed by atoms with van der Waals surface area (Å²) < 4.78 is 45.3. The minimum Gasteiger partial charge on any atom is -0.381 e. The zero-order valence-corrected chi connectivity index (χ0v) is 19.1. The first-order valence-corrected chi connectivity index (χ1v) is 11.6. The van der Waals surface area contributed by atoms with Crippen molar-refractivity contribution >= 4 is 23.2 Å². The first-order chi connectivity index (χ1) is 15.6. The number of Topliss-reactive ketones (excluding diaryl/α,β-unsaturated/α-hetero) is 2. The normalized spacial score (nSPS) is 22.6. The van der Waals surface area contributed by atoms with E-state index in [1.807, 2.05) is 6.92 Å². The molecule has 2 fully saturated rings. The van der Waals surface area contributed by atoms with Crippen LogP contribution in [0.2, 0.25) is 5.02 Å². The van der Waals surface area contributed by atoms with E-state index in [4.69, 9.17) is 16.3 Å². The molecule has 1 saturated heterocycles. The van der Waals surface area contributed by atoms with E-state index in [1.165, 1.54) is 12.1 Å². The Morgan fingerprint density at radius 3 is 2.18 bits per heavy atom. The molecule has 0 spiro atoms. The number of alkyl halides is 3. The highest BCUT2D eigenvalue weighted by Gasteiger charge is 2.38. The fraction of sp³-hybridized carbons (Fsp3) is 0.462. The lowest BCUT2D eigenvalue weighted by atomic mass is 9.72. The van der Waals surface area contributed by atoms with Gasteiger partial charge in [-0.15, -0.1) is 0 Å². The van der Waals surface area contributed by atoms with Crippen molar-refractivity contribution in [2.24, 2.45) is 11.8 Å². The smallest absolute Gasteiger partial charge is 0.381 e. The Bertz CT molecular complexity index is 1040. The first kappa shape index (κ1) is 24.0. The molecule has 176 valence electrons. The third-order valence-electron chi connectivity index (χ3n) is 6.83. The number of ether oxygens (including phenoxy) is 1. The number of carbonyl (C=O) groups excluding carboxylic acids is 2. The number of benzene rings is 2. The van der Waals surface area contributed by atoms with Crippen LogP contribution in [-0.2, 0) is 20.5 Å². The van der Waals surface area contributed by atoms with E-state index >= 15 is 0 Å². The number of hydrogen-bond donors (Lipinski definition) is 0. The van der Waals surface area contributed by atoms with E-state index in [-0.39, 0.29) is 22.5 Å². The second-order valence-corrected chi connectivity index (χ2v) is 9.60. The number of halogens is 4. The van der Waals surface area contributed by atoms with E-state index < -0.39 is 17.7 Å². The Kier molecular flexibility index (Phi) is 6.96. The molecular weight excluding hydrogens is 453 g/mol. The van der Waals surface area contributed by atoms with Crippen molar-refractivity contribution in [3.8, 4) is 11.1 Å². The summed E-state index contributed by atoms with van der Waals surface area (Å²) in [6.45, 7) is 3.28. The molecule has 0 N–H and O–H groups in total. The van der Waals surface area contributed by atoms with Gasteiger partial charge < -0.3 is 4.74 Å². The van der Waals surface area contributed by atoms with Crippen molar-refractivity contribution in [3.05, 3.63) is 58.1 Å². The Morgan fingerprint density at radius 2 is 1.55 bits per heavy atom. The average molecular weight is 479 g/mol. The molecule has 4 rings (SSSR count). The molecule has 7 heteroatoms. The molecule has 0 unspecified atom stereocenters. The Balaban J connectivity index is 1.58. The lowest BCUT2D eigenvalue weighted by Crippen LogP contribution is -2.33. The van der Waals surface area contributed by atoms with Crippen LogP contribution in [0.4, 0.5) is 13.2 Å². The van der Waals surface area contributed by atoms with Gasteiger partial charge in [0.1, 0.15) is 17.5 Å². The lowest BCUT2D eigenvalue weighted by molar-refractivity contribution is -0.137. The van der Waals surface area contributed by atoms with Gasteiger partial charge in [-0.25, -0.2) is 0 Å². The second-order valence-electron chi connectivity index (χ2n) is 9.20. The average Bonchev–Trinajstić information content (AvgIpc) is 2.75. The van der Waals surface area contributed by atoms with Gasteiger partial charge in [-0.05, 0) is 78.5 Å². The Labute approximate surface area is 196 Å². The third kappa shape index (κ3) is 5.33. The molecule has 0 amide bonds. The Hall–Kier alpha value is -2.18. The summed E-state index contributed by atoms with van der Waals surface area (Å²) in [4.78, 5) is 26.2. The molecular formula is C26H26ClF3O3. The van der Waals surface area contributed by atoms with Crippen molar-refractivity contribution in [2.75, 3.05) is 13.2 Å². The number of rotatable bonds is 4. The first-order valence-electron chi connectivity index (χ1n) is 11.2. The van der Waals surface area contributed by atoms with Crippen molar-refractivity contribution in [2.45, 2.75) is 51.1 Å². The number of aryl methyl sites for hydroxylation is 1. The summed E-state index contributed by atoms with van der Waals surface area (Å²) >= 11 is 5.75. The topological polar surface area (TPSA) is 43.4 Å². The molecule has 1 aliphatic heterocycles. The molecule has 1 aliphatic carbocycles. The maximum absolute atomic E-state index is 13.3. The van der Waals surface area contributed by atoms with Gasteiger partial charge in [0, 0.05) is 26.1 Å². The molecule has 33 heavy (non-hydrogen) atoms. The number of carbonyl (C=O) groups is 2. The van der Waals surface area contributed by atoms with Gasteiger partial charge in [0.05, 0.1) is 10.6 Å². The van der Waals surface area contributed by atoms with Crippen molar-refractivity contribution in [3.63, 3.8) is 0 Å². The van der Waals surface area contributed by atoms with E-state index in [1.54, 1.807) is 18.2 Å². The summed E-state index contributed by atoms with van der Waals surface area (Å²) in [7, 11) is 0. The van der Waals surface area contributed by atoms with Gasteiger partial charge in [-0.2, -0.15) is 13.2 Å². The summed E-state index contributed by atoms with van der Waals surface area (Å²) in [5.74, 6) is -0.520. The highest BCUT2D eigenvalue weighted by molar-refractivity contribution is 6.31. The van der Waals surface area contributed by atoms with Crippen LogP contribution < -0.4 is 0 Å². The third-order valence-corrected chi connectivity index (χ3v) is 7.16. The van der Waals surface area contributed by atoms with Crippen LogP contribution in [0.3, 0.4) is 0 Å². The highest BCUT2D eigenvalue weighted by Crippen LogP contribution is 2.40. The van der Waals surface area contributed by atoms with E-state index in [0.29, 0.717) is 35.4 Å². The summed E-state index contributed by atoms with van der Waals surface area (Å²) in [5.41, 5.74) is 1.29. The van der Waals surface area contributed by atoms with Gasteiger partial charge in [0.15, 0.2) is 0 Å². The minimum absolute atomic E-state index is 0.0541. The highest BCUT2D eigenvalue weighted by atomic mass is 35.5. The number of hydrogen-bond acceptors (Lipinski definition) is 3. The molecule has 2 aromatic carbocycles. The van der Waals surface area contributed by atoms with E-state index in [9.17, 15) is 22.8 Å².